The topological polar surface area (TPSA) is 27.1 Å². The van der Waals surface area contributed by atoms with Gasteiger partial charge in [0.05, 0.1) is 17.6 Å². The van der Waals surface area contributed by atoms with Crippen LogP contribution in [0, 0.1) is 0 Å². The fourth-order valence-corrected chi connectivity index (χ4v) is 2.24. The minimum Gasteiger partial charge on any atom is -0.494 e. The molecule has 1 aromatic carbocycles. The third kappa shape index (κ3) is 2.53. The van der Waals surface area contributed by atoms with E-state index in [4.69, 9.17) is 4.74 Å². The first-order valence-electron chi connectivity index (χ1n) is 6.13. The number of hydrogen-bond donors (Lipinski definition) is 1. The van der Waals surface area contributed by atoms with Crippen molar-refractivity contribution in [1.82, 2.24) is 9.55 Å². The summed E-state index contributed by atoms with van der Waals surface area (Å²) in [5, 5.41) is 0. The van der Waals surface area contributed by atoms with Crippen molar-refractivity contribution in [2.75, 3.05) is 12.4 Å². The molecule has 0 atom stereocenters. The molecule has 0 aliphatic rings. The molecule has 2 rings (SSSR count). The van der Waals surface area contributed by atoms with Gasteiger partial charge < -0.3 is 9.30 Å². The molecule has 0 spiro atoms. The SMILES string of the molecule is C=CCn1c(CCS)nc2cc(OCC)ccc21. The van der Waals surface area contributed by atoms with E-state index in [1.54, 1.807) is 0 Å². The summed E-state index contributed by atoms with van der Waals surface area (Å²) < 4.78 is 7.67. The van der Waals surface area contributed by atoms with Crippen LogP contribution in [0.3, 0.4) is 0 Å². The second kappa shape index (κ2) is 5.96. The van der Waals surface area contributed by atoms with Crippen molar-refractivity contribution >= 4 is 23.7 Å². The van der Waals surface area contributed by atoms with Gasteiger partial charge in [0.25, 0.3) is 0 Å². The number of thiol groups is 1. The maximum absolute atomic E-state index is 5.50. The summed E-state index contributed by atoms with van der Waals surface area (Å²) >= 11 is 4.28. The molecular formula is C14H18N2OS. The Balaban J connectivity index is 2.49. The Labute approximate surface area is 113 Å². The number of rotatable bonds is 6. The number of aryl methyl sites for hydroxylation is 1. The smallest absolute Gasteiger partial charge is 0.121 e. The van der Waals surface area contributed by atoms with Crippen molar-refractivity contribution in [2.24, 2.45) is 0 Å². The van der Waals surface area contributed by atoms with Crippen LogP contribution in [-0.4, -0.2) is 21.9 Å². The lowest BCUT2D eigenvalue weighted by Gasteiger charge is -2.05. The predicted molar refractivity (Wildman–Crippen MR) is 78.7 cm³/mol. The Hall–Kier alpha value is -1.42. The summed E-state index contributed by atoms with van der Waals surface area (Å²) in [4.78, 5) is 4.65. The number of hydrogen-bond acceptors (Lipinski definition) is 3. The second-order valence-corrected chi connectivity index (χ2v) is 4.43. The highest BCUT2D eigenvalue weighted by Gasteiger charge is 2.09. The van der Waals surface area contributed by atoms with Gasteiger partial charge in [-0.05, 0) is 24.8 Å². The zero-order chi connectivity index (χ0) is 13.0. The summed E-state index contributed by atoms with van der Waals surface area (Å²) in [6.45, 7) is 7.22. The molecule has 1 aromatic heterocycles. The molecule has 0 aliphatic carbocycles. The van der Waals surface area contributed by atoms with Gasteiger partial charge in [0.1, 0.15) is 11.6 Å². The minimum atomic E-state index is 0.669. The highest BCUT2D eigenvalue weighted by Crippen LogP contribution is 2.22. The summed E-state index contributed by atoms with van der Waals surface area (Å²) in [7, 11) is 0. The molecule has 0 fully saturated rings. The molecule has 18 heavy (non-hydrogen) atoms. The van der Waals surface area contributed by atoms with Crippen molar-refractivity contribution in [1.29, 1.82) is 0 Å². The lowest BCUT2D eigenvalue weighted by atomic mass is 10.3. The highest BCUT2D eigenvalue weighted by molar-refractivity contribution is 7.80. The van der Waals surface area contributed by atoms with Crippen LogP contribution in [0.2, 0.25) is 0 Å². The number of aromatic nitrogens is 2. The zero-order valence-electron chi connectivity index (χ0n) is 10.6. The average molecular weight is 262 g/mol. The maximum atomic E-state index is 5.50. The molecule has 2 aromatic rings. The number of fused-ring (bicyclic) bond motifs is 1. The Morgan fingerprint density at radius 2 is 2.33 bits per heavy atom. The van der Waals surface area contributed by atoms with Crippen LogP contribution in [0.5, 0.6) is 5.75 Å². The molecule has 0 saturated heterocycles. The standard InChI is InChI=1S/C14H18N2OS/c1-3-8-16-13-6-5-11(17-4-2)10-12(13)15-14(16)7-9-18/h3,5-6,10,18H,1,4,7-9H2,2H3. The second-order valence-electron chi connectivity index (χ2n) is 3.98. The molecule has 96 valence electrons. The average Bonchev–Trinajstić information content (AvgIpc) is 2.68. The van der Waals surface area contributed by atoms with Crippen molar-refractivity contribution in [3.05, 3.63) is 36.7 Å². The third-order valence-electron chi connectivity index (χ3n) is 2.76. The van der Waals surface area contributed by atoms with Crippen LogP contribution in [0.1, 0.15) is 12.7 Å². The van der Waals surface area contributed by atoms with Crippen LogP contribution >= 0.6 is 12.6 Å². The van der Waals surface area contributed by atoms with Crippen molar-refractivity contribution < 1.29 is 4.74 Å². The summed E-state index contributed by atoms with van der Waals surface area (Å²) in [6.07, 6.45) is 2.75. The van der Waals surface area contributed by atoms with Crippen molar-refractivity contribution in [3.8, 4) is 5.75 Å². The molecule has 0 amide bonds. The molecule has 0 aliphatic heterocycles. The molecule has 0 N–H and O–H groups in total. The number of allylic oxidation sites excluding steroid dienone is 1. The van der Waals surface area contributed by atoms with Gasteiger partial charge in [0, 0.05) is 19.0 Å². The lowest BCUT2D eigenvalue weighted by molar-refractivity contribution is 0.340. The van der Waals surface area contributed by atoms with Gasteiger partial charge in [-0.25, -0.2) is 4.98 Å². The van der Waals surface area contributed by atoms with E-state index >= 15 is 0 Å². The highest BCUT2D eigenvalue weighted by atomic mass is 32.1. The first-order valence-corrected chi connectivity index (χ1v) is 6.77. The largest absolute Gasteiger partial charge is 0.494 e. The summed E-state index contributed by atoms with van der Waals surface area (Å²) in [5.74, 6) is 2.71. The van der Waals surface area contributed by atoms with Gasteiger partial charge >= 0.3 is 0 Å². The van der Waals surface area contributed by atoms with Crippen LogP contribution in [0.4, 0.5) is 0 Å². The minimum absolute atomic E-state index is 0.669. The van der Waals surface area contributed by atoms with E-state index < -0.39 is 0 Å². The van der Waals surface area contributed by atoms with E-state index in [1.807, 2.05) is 25.1 Å². The van der Waals surface area contributed by atoms with Crippen molar-refractivity contribution in [2.45, 2.75) is 19.9 Å². The van der Waals surface area contributed by atoms with Crippen LogP contribution in [0.25, 0.3) is 11.0 Å². The Morgan fingerprint density at radius 1 is 1.50 bits per heavy atom. The zero-order valence-corrected chi connectivity index (χ0v) is 11.5. The van der Waals surface area contributed by atoms with E-state index in [9.17, 15) is 0 Å². The van der Waals surface area contributed by atoms with Gasteiger partial charge in [-0.1, -0.05) is 6.08 Å². The fraction of sp³-hybridized carbons (Fsp3) is 0.357. The molecular weight excluding hydrogens is 244 g/mol. The monoisotopic (exact) mass is 262 g/mol. The van der Waals surface area contributed by atoms with Crippen molar-refractivity contribution in [3.63, 3.8) is 0 Å². The van der Waals surface area contributed by atoms with Gasteiger partial charge in [-0.3, -0.25) is 0 Å². The molecule has 0 unspecified atom stereocenters. The quantitative estimate of drug-likeness (QED) is 0.640. The van der Waals surface area contributed by atoms with Crippen LogP contribution in [-0.2, 0) is 13.0 Å². The van der Waals surface area contributed by atoms with Gasteiger partial charge in [0.15, 0.2) is 0 Å². The summed E-state index contributed by atoms with van der Waals surface area (Å²) in [5.41, 5.74) is 2.09. The third-order valence-corrected chi connectivity index (χ3v) is 2.98. The van der Waals surface area contributed by atoms with Crippen LogP contribution < -0.4 is 4.74 Å². The normalized spacial score (nSPS) is 10.8. The molecule has 0 saturated carbocycles. The predicted octanol–water partition coefficient (Wildman–Crippen LogP) is 3.09. The fourth-order valence-electron chi connectivity index (χ4n) is 2.04. The van der Waals surface area contributed by atoms with E-state index in [0.717, 1.165) is 41.3 Å². The van der Waals surface area contributed by atoms with Gasteiger partial charge in [-0.2, -0.15) is 12.6 Å². The van der Waals surface area contributed by atoms with Gasteiger partial charge in [-0.15, -0.1) is 6.58 Å². The van der Waals surface area contributed by atoms with E-state index in [0.29, 0.717) is 6.61 Å². The number of benzene rings is 1. The number of ether oxygens (including phenoxy) is 1. The lowest BCUT2D eigenvalue weighted by Crippen LogP contribution is -2.02. The number of imidazole rings is 1. The van der Waals surface area contributed by atoms with E-state index in [1.165, 1.54) is 0 Å². The molecule has 0 radical (unpaired) electrons. The molecule has 3 nitrogen and oxygen atoms in total. The van der Waals surface area contributed by atoms with Gasteiger partial charge in [0.2, 0.25) is 0 Å². The first-order chi connectivity index (χ1) is 8.80. The maximum Gasteiger partial charge on any atom is 0.121 e. The number of nitrogens with zero attached hydrogens (tertiary/aromatic N) is 2. The Bertz CT molecular complexity index is 548. The van der Waals surface area contributed by atoms with Crippen LogP contribution in [0.15, 0.2) is 30.9 Å². The molecule has 1 heterocycles. The first kappa shape index (κ1) is 13.0. The Morgan fingerprint density at radius 3 is 3.00 bits per heavy atom. The van der Waals surface area contributed by atoms with E-state index in [2.05, 4.69) is 34.8 Å². The molecule has 0 bridgehead atoms. The Kier molecular flexibility index (Phi) is 4.31. The van der Waals surface area contributed by atoms with E-state index in [-0.39, 0.29) is 0 Å². The molecule has 4 heteroatoms. The summed E-state index contributed by atoms with van der Waals surface area (Å²) in [6, 6.07) is 6.02.